The van der Waals surface area contributed by atoms with Gasteiger partial charge in [0.1, 0.15) is 5.84 Å². The highest BCUT2D eigenvalue weighted by Gasteiger charge is 2.26. The summed E-state index contributed by atoms with van der Waals surface area (Å²) in [6.45, 7) is 3.42. The second-order valence-corrected chi connectivity index (χ2v) is 6.62. The molecule has 6 heteroatoms. The van der Waals surface area contributed by atoms with Gasteiger partial charge >= 0.3 is 0 Å². The van der Waals surface area contributed by atoms with Crippen molar-refractivity contribution in [2.45, 2.75) is 29.9 Å². The molecule has 120 valence electrons. The van der Waals surface area contributed by atoms with Crippen LogP contribution in [-0.4, -0.2) is 36.1 Å². The summed E-state index contributed by atoms with van der Waals surface area (Å²) in [5, 5.41) is 11.3. The predicted octanol–water partition coefficient (Wildman–Crippen LogP) is 3.89. The van der Waals surface area contributed by atoms with E-state index in [9.17, 15) is 8.78 Å². The standard InChI is InChI=1S/C16H21F2N3S/c1-11(20-2)9-15(19)21-8-7-12(10-21)22-14-6-4-3-5-13(14)16(17)18/h3-6,9,12,16,19-20H,7-8,10H2,1-2H3/b11-9-,19-15?. The van der Waals surface area contributed by atoms with Crippen LogP contribution in [0, 0.1) is 5.41 Å². The lowest BCUT2D eigenvalue weighted by Gasteiger charge is -2.18. The Bertz CT molecular complexity index is 560. The SMILES string of the molecule is CN/C(C)=C\C(=N)N1CCC(Sc2ccccc2C(F)F)C1. The van der Waals surface area contributed by atoms with Crippen LogP contribution in [0.3, 0.4) is 0 Å². The topological polar surface area (TPSA) is 39.1 Å². The molecule has 2 rings (SSSR count). The van der Waals surface area contributed by atoms with Crippen molar-refractivity contribution in [1.82, 2.24) is 10.2 Å². The first-order chi connectivity index (χ1) is 10.5. The van der Waals surface area contributed by atoms with Crippen molar-refractivity contribution in [2.75, 3.05) is 20.1 Å². The number of rotatable bonds is 5. The van der Waals surface area contributed by atoms with Gasteiger partial charge in [-0.25, -0.2) is 8.78 Å². The number of hydrogen-bond acceptors (Lipinski definition) is 3. The molecule has 0 saturated carbocycles. The van der Waals surface area contributed by atoms with E-state index in [0.717, 1.165) is 18.7 Å². The summed E-state index contributed by atoms with van der Waals surface area (Å²) >= 11 is 1.50. The average Bonchev–Trinajstić information content (AvgIpc) is 2.96. The molecule has 0 amide bonds. The normalized spacial score (nSPS) is 18.9. The van der Waals surface area contributed by atoms with E-state index in [2.05, 4.69) is 5.32 Å². The first kappa shape index (κ1) is 16.8. The van der Waals surface area contributed by atoms with Gasteiger partial charge in [-0.3, -0.25) is 5.41 Å². The highest BCUT2D eigenvalue weighted by atomic mass is 32.2. The fourth-order valence-electron chi connectivity index (χ4n) is 2.36. The molecule has 2 N–H and O–H groups in total. The van der Waals surface area contributed by atoms with Gasteiger partial charge in [-0.2, -0.15) is 0 Å². The van der Waals surface area contributed by atoms with Crippen LogP contribution in [0.25, 0.3) is 0 Å². The molecule has 1 saturated heterocycles. The highest BCUT2D eigenvalue weighted by molar-refractivity contribution is 8.00. The maximum atomic E-state index is 13.0. The first-order valence-corrected chi connectivity index (χ1v) is 8.12. The quantitative estimate of drug-likeness (QED) is 0.637. The molecule has 1 unspecified atom stereocenters. The summed E-state index contributed by atoms with van der Waals surface area (Å²) < 4.78 is 26.0. The van der Waals surface area contributed by atoms with Gasteiger partial charge in [-0.15, -0.1) is 11.8 Å². The van der Waals surface area contributed by atoms with E-state index in [0.29, 0.717) is 17.3 Å². The third kappa shape index (κ3) is 4.22. The predicted molar refractivity (Wildman–Crippen MR) is 87.8 cm³/mol. The van der Waals surface area contributed by atoms with Gasteiger partial charge in [0.2, 0.25) is 0 Å². The Morgan fingerprint density at radius 3 is 2.86 bits per heavy atom. The van der Waals surface area contributed by atoms with Gasteiger partial charge in [-0.05, 0) is 25.5 Å². The fourth-order valence-corrected chi connectivity index (χ4v) is 3.65. The van der Waals surface area contributed by atoms with Crippen LogP contribution in [0.5, 0.6) is 0 Å². The van der Waals surface area contributed by atoms with Crippen LogP contribution in [0.15, 0.2) is 40.9 Å². The van der Waals surface area contributed by atoms with E-state index in [1.54, 1.807) is 24.3 Å². The Morgan fingerprint density at radius 2 is 2.18 bits per heavy atom. The second-order valence-electron chi connectivity index (χ2n) is 5.28. The zero-order valence-corrected chi connectivity index (χ0v) is 13.6. The summed E-state index contributed by atoms with van der Waals surface area (Å²) in [5.41, 5.74) is 1.04. The first-order valence-electron chi connectivity index (χ1n) is 7.24. The van der Waals surface area contributed by atoms with Crippen molar-refractivity contribution in [3.8, 4) is 0 Å². The summed E-state index contributed by atoms with van der Waals surface area (Å²) in [6.07, 6.45) is 0.248. The van der Waals surface area contributed by atoms with Gasteiger partial charge in [0.25, 0.3) is 6.43 Å². The molecule has 1 heterocycles. The van der Waals surface area contributed by atoms with Crippen molar-refractivity contribution in [1.29, 1.82) is 5.41 Å². The molecule has 1 aliphatic heterocycles. The summed E-state index contributed by atoms with van der Waals surface area (Å²) in [4.78, 5) is 2.64. The number of allylic oxidation sites excluding steroid dienone is 1. The van der Waals surface area contributed by atoms with Crippen molar-refractivity contribution >= 4 is 17.6 Å². The smallest absolute Gasteiger partial charge is 0.264 e. The molecule has 1 fully saturated rings. The number of halogens is 2. The third-order valence-corrected chi connectivity index (χ3v) is 5.02. The van der Waals surface area contributed by atoms with E-state index in [1.165, 1.54) is 17.8 Å². The summed E-state index contributed by atoms with van der Waals surface area (Å²) in [7, 11) is 1.82. The van der Waals surface area contributed by atoms with E-state index in [-0.39, 0.29) is 10.8 Å². The molecule has 1 aromatic carbocycles. The minimum Gasteiger partial charge on any atom is -0.392 e. The van der Waals surface area contributed by atoms with Crippen LogP contribution in [-0.2, 0) is 0 Å². The largest absolute Gasteiger partial charge is 0.392 e. The van der Waals surface area contributed by atoms with Crippen molar-refractivity contribution in [2.24, 2.45) is 0 Å². The number of thioether (sulfide) groups is 1. The van der Waals surface area contributed by atoms with Crippen LogP contribution < -0.4 is 5.32 Å². The Hall–Kier alpha value is -1.56. The lowest BCUT2D eigenvalue weighted by Crippen LogP contribution is -2.27. The Morgan fingerprint density at radius 1 is 1.45 bits per heavy atom. The van der Waals surface area contributed by atoms with Gasteiger partial charge < -0.3 is 10.2 Å². The van der Waals surface area contributed by atoms with Gasteiger partial charge in [0, 0.05) is 41.5 Å². The Kier molecular flexibility index (Phi) is 5.83. The number of hydrogen-bond donors (Lipinski definition) is 2. The number of likely N-dealkylation sites (tertiary alicyclic amines) is 1. The molecule has 3 nitrogen and oxygen atoms in total. The van der Waals surface area contributed by atoms with E-state index < -0.39 is 6.43 Å². The summed E-state index contributed by atoms with van der Waals surface area (Å²) in [5.74, 6) is 0.470. The summed E-state index contributed by atoms with van der Waals surface area (Å²) in [6, 6.07) is 6.68. The van der Waals surface area contributed by atoms with Crippen LogP contribution in [0.4, 0.5) is 8.78 Å². The molecular formula is C16H21F2N3S. The molecule has 0 aromatic heterocycles. The van der Waals surface area contributed by atoms with E-state index in [1.807, 2.05) is 18.9 Å². The van der Waals surface area contributed by atoms with Crippen LogP contribution in [0.2, 0.25) is 0 Å². The molecule has 0 radical (unpaired) electrons. The maximum absolute atomic E-state index is 13.0. The average molecular weight is 325 g/mol. The van der Waals surface area contributed by atoms with E-state index in [4.69, 9.17) is 5.41 Å². The highest BCUT2D eigenvalue weighted by Crippen LogP contribution is 2.35. The molecule has 1 atom stereocenters. The van der Waals surface area contributed by atoms with Crippen molar-refractivity contribution in [3.63, 3.8) is 0 Å². The van der Waals surface area contributed by atoms with Crippen LogP contribution >= 0.6 is 11.8 Å². The molecule has 0 aliphatic carbocycles. The molecule has 22 heavy (non-hydrogen) atoms. The Labute approximate surface area is 134 Å². The lowest BCUT2D eigenvalue weighted by molar-refractivity contribution is 0.148. The van der Waals surface area contributed by atoms with Gasteiger partial charge in [0.15, 0.2) is 0 Å². The van der Waals surface area contributed by atoms with E-state index >= 15 is 0 Å². The number of alkyl halides is 2. The van der Waals surface area contributed by atoms with Crippen LogP contribution in [0.1, 0.15) is 25.3 Å². The number of benzene rings is 1. The van der Waals surface area contributed by atoms with Gasteiger partial charge in [-0.1, -0.05) is 18.2 Å². The fraction of sp³-hybridized carbons (Fsp3) is 0.438. The molecule has 0 bridgehead atoms. The third-order valence-electron chi connectivity index (χ3n) is 3.68. The van der Waals surface area contributed by atoms with Gasteiger partial charge in [0.05, 0.1) is 0 Å². The Balaban J connectivity index is 1.99. The molecule has 0 spiro atoms. The monoisotopic (exact) mass is 325 g/mol. The lowest BCUT2D eigenvalue weighted by atomic mass is 10.2. The molecular weight excluding hydrogens is 304 g/mol. The number of nitrogens with one attached hydrogen (secondary N) is 2. The van der Waals surface area contributed by atoms with Crippen molar-refractivity contribution in [3.05, 3.63) is 41.6 Å². The molecule has 1 aromatic rings. The molecule has 1 aliphatic rings. The minimum atomic E-state index is -2.44. The maximum Gasteiger partial charge on any atom is 0.264 e. The zero-order chi connectivity index (χ0) is 16.1. The second kappa shape index (κ2) is 7.63. The number of amidine groups is 1. The zero-order valence-electron chi connectivity index (χ0n) is 12.8. The minimum absolute atomic E-state index is 0.104. The number of nitrogens with zero attached hydrogens (tertiary/aromatic N) is 1. The van der Waals surface area contributed by atoms with Crippen molar-refractivity contribution < 1.29 is 8.78 Å².